The molecule has 0 unspecified atom stereocenters. The van der Waals surface area contributed by atoms with Gasteiger partial charge in [0.15, 0.2) is 11.5 Å². The van der Waals surface area contributed by atoms with Crippen molar-refractivity contribution in [3.8, 4) is 0 Å². The lowest BCUT2D eigenvalue weighted by atomic mass is 9.95. The molecule has 0 saturated carbocycles. The Kier molecular flexibility index (Phi) is 6.33. The van der Waals surface area contributed by atoms with Crippen molar-refractivity contribution < 1.29 is 28.8 Å². The fourth-order valence-electron chi connectivity index (χ4n) is 4.07. The van der Waals surface area contributed by atoms with Crippen molar-refractivity contribution in [2.24, 2.45) is 0 Å². The fourth-order valence-corrected chi connectivity index (χ4v) is 4.07. The Bertz CT molecular complexity index is 1020. The maximum absolute atomic E-state index is 13.1. The van der Waals surface area contributed by atoms with Crippen LogP contribution in [0.4, 0.5) is 5.69 Å². The summed E-state index contributed by atoms with van der Waals surface area (Å²) in [6, 6.07) is 7.76. The number of Topliss-reactive ketones (excluding diaryl/α,β-unsaturated/α-hetero) is 1. The summed E-state index contributed by atoms with van der Waals surface area (Å²) in [7, 11) is 0. The molecule has 1 fully saturated rings. The monoisotopic (exact) mass is 441 g/mol. The second kappa shape index (κ2) is 9.33. The van der Waals surface area contributed by atoms with E-state index in [1.165, 1.54) is 41.5 Å². The van der Waals surface area contributed by atoms with Crippen LogP contribution in [0.15, 0.2) is 58.4 Å². The lowest BCUT2D eigenvalue weighted by Crippen LogP contribution is -2.39. The van der Waals surface area contributed by atoms with Crippen LogP contribution in [-0.2, 0) is 9.53 Å². The van der Waals surface area contributed by atoms with Gasteiger partial charge in [0.25, 0.3) is 11.6 Å². The number of aliphatic hydroxyl groups is 1. The summed E-state index contributed by atoms with van der Waals surface area (Å²) < 4.78 is 10.5. The van der Waals surface area contributed by atoms with Crippen LogP contribution in [0.2, 0.25) is 0 Å². The predicted molar refractivity (Wildman–Crippen MR) is 112 cm³/mol. The molecule has 1 N–H and O–H groups in total. The maximum atomic E-state index is 13.1. The van der Waals surface area contributed by atoms with E-state index < -0.39 is 28.4 Å². The number of nitro benzene ring substituents is 1. The van der Waals surface area contributed by atoms with Gasteiger partial charge in [-0.1, -0.05) is 0 Å². The average Bonchev–Trinajstić information content (AvgIpc) is 3.43. The minimum Gasteiger partial charge on any atom is -0.503 e. The molecule has 168 valence electrons. The number of carbonyl (C=O) groups excluding carboxylic acids is 2. The molecule has 4 rings (SSSR count). The number of ketones is 1. The highest BCUT2D eigenvalue weighted by molar-refractivity contribution is 6.15. The topological polar surface area (TPSA) is 126 Å². The molecule has 1 aromatic carbocycles. The number of furan rings is 1. The van der Waals surface area contributed by atoms with E-state index in [1.807, 2.05) is 0 Å². The number of morpholine rings is 1. The molecule has 10 nitrogen and oxygen atoms in total. The highest BCUT2D eigenvalue weighted by atomic mass is 16.6. The predicted octanol–water partition coefficient (Wildman–Crippen LogP) is 2.49. The van der Waals surface area contributed by atoms with Crippen LogP contribution >= 0.6 is 0 Å². The van der Waals surface area contributed by atoms with Gasteiger partial charge in [0, 0.05) is 38.3 Å². The lowest BCUT2D eigenvalue weighted by Gasteiger charge is -2.29. The quantitative estimate of drug-likeness (QED) is 0.376. The first-order valence-corrected chi connectivity index (χ1v) is 10.3. The van der Waals surface area contributed by atoms with Gasteiger partial charge in [-0.2, -0.15) is 0 Å². The largest absolute Gasteiger partial charge is 0.503 e. The van der Waals surface area contributed by atoms with Crippen LogP contribution in [0, 0.1) is 10.1 Å². The molecule has 2 aromatic rings. The highest BCUT2D eigenvalue weighted by Gasteiger charge is 2.44. The second-order valence-electron chi connectivity index (χ2n) is 7.63. The number of non-ortho nitro benzene ring substituents is 1. The van der Waals surface area contributed by atoms with Crippen molar-refractivity contribution in [1.82, 2.24) is 9.80 Å². The van der Waals surface area contributed by atoms with Crippen LogP contribution in [-0.4, -0.2) is 70.9 Å². The van der Waals surface area contributed by atoms with Crippen molar-refractivity contribution >= 4 is 17.4 Å². The number of hydrogen-bond acceptors (Lipinski definition) is 8. The molecule has 0 aliphatic carbocycles. The van der Waals surface area contributed by atoms with Crippen molar-refractivity contribution in [3.05, 3.63) is 75.4 Å². The van der Waals surface area contributed by atoms with Gasteiger partial charge in [0.1, 0.15) is 0 Å². The molecule has 0 spiro atoms. The minimum absolute atomic E-state index is 0.00132. The third kappa shape index (κ3) is 4.27. The number of carbonyl (C=O) groups is 2. The van der Waals surface area contributed by atoms with Gasteiger partial charge in [-0.05, 0) is 36.2 Å². The molecule has 10 heteroatoms. The van der Waals surface area contributed by atoms with Gasteiger partial charge in [0.05, 0.1) is 36.0 Å². The number of aliphatic hydroxyl groups excluding tert-OH is 1. The molecule has 3 heterocycles. The molecular weight excluding hydrogens is 418 g/mol. The Balaban J connectivity index is 1.61. The Morgan fingerprint density at radius 3 is 2.50 bits per heavy atom. The van der Waals surface area contributed by atoms with E-state index in [0.717, 1.165) is 19.6 Å². The lowest BCUT2D eigenvalue weighted by molar-refractivity contribution is -0.384. The summed E-state index contributed by atoms with van der Waals surface area (Å²) in [4.78, 5) is 40.2. The van der Waals surface area contributed by atoms with E-state index in [9.17, 15) is 24.8 Å². The Hall–Kier alpha value is -3.50. The second-order valence-corrected chi connectivity index (χ2v) is 7.63. The number of nitrogens with zero attached hydrogens (tertiary/aromatic N) is 3. The van der Waals surface area contributed by atoms with E-state index in [1.54, 1.807) is 6.07 Å². The summed E-state index contributed by atoms with van der Waals surface area (Å²) in [6.45, 7) is 3.99. The Morgan fingerprint density at radius 2 is 1.88 bits per heavy atom. The van der Waals surface area contributed by atoms with Crippen molar-refractivity contribution in [3.63, 3.8) is 0 Å². The molecule has 2 aliphatic heterocycles. The molecule has 32 heavy (non-hydrogen) atoms. The van der Waals surface area contributed by atoms with Crippen LogP contribution < -0.4 is 0 Å². The Labute approximate surface area is 183 Å². The fraction of sp³-hybridized carbons (Fsp3) is 0.364. The number of hydrogen-bond donors (Lipinski definition) is 1. The van der Waals surface area contributed by atoms with Crippen LogP contribution in [0.5, 0.6) is 0 Å². The molecule has 1 amide bonds. The zero-order valence-electron chi connectivity index (χ0n) is 17.3. The van der Waals surface area contributed by atoms with Crippen LogP contribution in [0.25, 0.3) is 0 Å². The smallest absolute Gasteiger partial charge is 0.290 e. The molecule has 0 radical (unpaired) electrons. The number of benzene rings is 1. The summed E-state index contributed by atoms with van der Waals surface area (Å²) in [5.74, 6) is -1.87. The van der Waals surface area contributed by atoms with Gasteiger partial charge in [0.2, 0.25) is 5.78 Å². The van der Waals surface area contributed by atoms with Gasteiger partial charge in [-0.15, -0.1) is 0 Å². The minimum atomic E-state index is -0.870. The first kappa shape index (κ1) is 21.7. The Morgan fingerprint density at radius 1 is 1.16 bits per heavy atom. The zero-order chi connectivity index (χ0) is 22.7. The maximum Gasteiger partial charge on any atom is 0.290 e. The van der Waals surface area contributed by atoms with Crippen molar-refractivity contribution in [2.75, 3.05) is 39.4 Å². The van der Waals surface area contributed by atoms with E-state index in [-0.39, 0.29) is 17.0 Å². The van der Waals surface area contributed by atoms with Gasteiger partial charge >= 0.3 is 0 Å². The number of nitro groups is 1. The molecule has 1 aromatic heterocycles. The van der Waals surface area contributed by atoms with Crippen LogP contribution in [0.1, 0.15) is 28.6 Å². The van der Waals surface area contributed by atoms with E-state index in [0.29, 0.717) is 31.7 Å². The zero-order valence-corrected chi connectivity index (χ0v) is 17.3. The molecular formula is C22H23N3O7. The number of ether oxygens (including phenoxy) is 1. The third-order valence-corrected chi connectivity index (χ3v) is 5.69. The van der Waals surface area contributed by atoms with E-state index in [2.05, 4.69) is 4.90 Å². The van der Waals surface area contributed by atoms with Crippen LogP contribution in [0.3, 0.4) is 0 Å². The van der Waals surface area contributed by atoms with E-state index >= 15 is 0 Å². The molecule has 1 saturated heterocycles. The van der Waals surface area contributed by atoms with Crippen molar-refractivity contribution in [1.29, 1.82) is 0 Å². The third-order valence-electron chi connectivity index (χ3n) is 5.69. The SMILES string of the molecule is O=C(C1=C(O)C(=O)N(CCCN2CCOCC2)[C@H]1c1ccc([N+](=O)[O-])cc1)c1ccco1. The van der Waals surface area contributed by atoms with Crippen molar-refractivity contribution in [2.45, 2.75) is 12.5 Å². The van der Waals surface area contributed by atoms with Gasteiger partial charge in [-0.3, -0.25) is 24.6 Å². The molecule has 1 atom stereocenters. The molecule has 0 bridgehead atoms. The number of amides is 1. The summed E-state index contributed by atoms with van der Waals surface area (Å²) in [6.07, 6.45) is 1.97. The highest BCUT2D eigenvalue weighted by Crippen LogP contribution is 2.39. The summed E-state index contributed by atoms with van der Waals surface area (Å²) in [5, 5.41) is 21.6. The standard InChI is InChI=1S/C22H23N3O7/c26-20(17-3-1-12-32-17)18-19(15-4-6-16(7-5-15)25(29)30)24(22(28)21(18)27)9-2-8-23-10-13-31-14-11-23/h1,3-7,12,19,27H,2,8-11,13-14H2/t19-/m0/s1. The first-order valence-electron chi connectivity index (χ1n) is 10.3. The normalized spacial score (nSPS) is 19.6. The van der Waals surface area contributed by atoms with E-state index in [4.69, 9.17) is 9.15 Å². The summed E-state index contributed by atoms with van der Waals surface area (Å²) >= 11 is 0. The number of rotatable bonds is 8. The first-order chi connectivity index (χ1) is 15.5. The van der Waals surface area contributed by atoms with Gasteiger partial charge < -0.3 is 19.2 Å². The average molecular weight is 441 g/mol. The van der Waals surface area contributed by atoms with Gasteiger partial charge in [-0.25, -0.2) is 0 Å². The summed E-state index contributed by atoms with van der Waals surface area (Å²) in [5.41, 5.74) is 0.295. The molecule has 2 aliphatic rings.